The number of rotatable bonds is 2. The second-order valence-corrected chi connectivity index (χ2v) is 3.98. The fourth-order valence-corrected chi connectivity index (χ4v) is 2.02. The number of hydrogen-bond donors (Lipinski definition) is 0. The molecule has 18 heavy (non-hydrogen) atoms. The summed E-state index contributed by atoms with van der Waals surface area (Å²) in [6.45, 7) is 0. The van der Waals surface area contributed by atoms with Crippen LogP contribution in [-0.2, 0) is 6.18 Å². The number of aliphatic imine (C=N–C) groups is 1. The molecular weight excluding hydrogens is 288 g/mol. The molecule has 0 aromatic heterocycles. The molecule has 8 heteroatoms. The highest BCUT2D eigenvalue weighted by Gasteiger charge is 2.36. The number of nitrogens with zero attached hydrogens (tertiary/aromatic N) is 2. The lowest BCUT2D eigenvalue weighted by Gasteiger charge is -2.13. The highest BCUT2D eigenvalue weighted by Crippen LogP contribution is 2.40. The molecule has 0 aliphatic rings. The first-order valence-electron chi connectivity index (χ1n) is 4.32. The van der Waals surface area contributed by atoms with Gasteiger partial charge in [-0.15, -0.1) is 11.8 Å². The average molecular weight is 292 g/mol. The van der Waals surface area contributed by atoms with Gasteiger partial charge >= 0.3 is 6.18 Å². The highest BCUT2D eigenvalue weighted by molar-refractivity contribution is 7.98. The molecule has 0 aliphatic heterocycles. The fraction of sp³-hybridized carbons (Fsp3) is 0.200. The molecule has 0 spiro atoms. The van der Waals surface area contributed by atoms with Crippen LogP contribution in [0.2, 0.25) is 0 Å². The maximum atomic E-state index is 13.8. The molecule has 0 radical (unpaired) electrons. The van der Waals surface area contributed by atoms with E-state index in [9.17, 15) is 17.6 Å². The van der Waals surface area contributed by atoms with Gasteiger partial charge in [-0.3, -0.25) is 0 Å². The molecule has 0 atom stereocenters. The van der Waals surface area contributed by atoms with Crippen molar-refractivity contribution in [2.45, 2.75) is 11.1 Å². The smallest absolute Gasteiger partial charge is 0.203 e. The van der Waals surface area contributed by atoms with E-state index < -0.39 is 33.7 Å². The van der Waals surface area contributed by atoms with Crippen molar-refractivity contribution in [2.75, 3.05) is 6.26 Å². The normalized spacial score (nSPS) is 10.7. The van der Waals surface area contributed by atoms with E-state index in [0.29, 0.717) is 17.8 Å². The van der Waals surface area contributed by atoms with Gasteiger partial charge < -0.3 is 0 Å². The number of benzene rings is 1. The van der Waals surface area contributed by atoms with Crippen molar-refractivity contribution in [1.82, 2.24) is 0 Å². The van der Waals surface area contributed by atoms with Gasteiger partial charge in [0.25, 0.3) is 0 Å². The highest BCUT2D eigenvalue weighted by atomic mass is 32.2. The minimum Gasteiger partial charge on any atom is -0.203 e. The molecule has 1 rings (SSSR count). The summed E-state index contributed by atoms with van der Waals surface area (Å²) in [6, 6.07) is 1.81. The fourth-order valence-electron chi connectivity index (χ4n) is 1.28. The Kier molecular flexibility index (Phi) is 4.46. The molecule has 0 bridgehead atoms. The van der Waals surface area contributed by atoms with Gasteiger partial charge in [-0.25, -0.2) is 4.39 Å². The average Bonchev–Trinajstić information content (AvgIpc) is 2.29. The molecule has 0 saturated carbocycles. The lowest BCUT2D eigenvalue weighted by atomic mass is 10.1. The zero-order valence-corrected chi connectivity index (χ0v) is 10.4. The number of halogens is 4. The molecule has 0 heterocycles. The monoisotopic (exact) mass is 292 g/mol. The first-order valence-corrected chi connectivity index (χ1v) is 5.95. The van der Waals surface area contributed by atoms with Crippen LogP contribution in [0.25, 0.3) is 0 Å². The molecule has 1 aromatic rings. The SMILES string of the molecule is CSc1c(F)c(N=C=S)cc(C(F)(F)F)c1C#N. The lowest BCUT2D eigenvalue weighted by Crippen LogP contribution is -2.09. The van der Waals surface area contributed by atoms with E-state index in [1.807, 2.05) is 0 Å². The molecule has 0 aliphatic carbocycles. The number of alkyl halides is 3. The van der Waals surface area contributed by atoms with E-state index in [4.69, 9.17) is 5.26 Å². The van der Waals surface area contributed by atoms with Crippen LogP contribution in [0.4, 0.5) is 23.2 Å². The van der Waals surface area contributed by atoms with Crippen molar-refractivity contribution in [3.05, 3.63) is 23.0 Å². The van der Waals surface area contributed by atoms with Crippen LogP contribution in [0.15, 0.2) is 16.0 Å². The molecule has 94 valence electrons. The summed E-state index contributed by atoms with van der Waals surface area (Å²) in [5.41, 5.74) is -2.57. The Morgan fingerprint density at radius 3 is 2.44 bits per heavy atom. The quantitative estimate of drug-likeness (QED) is 0.355. The van der Waals surface area contributed by atoms with Crippen LogP contribution in [0.5, 0.6) is 0 Å². The van der Waals surface area contributed by atoms with Gasteiger partial charge in [-0.2, -0.15) is 23.4 Å². The van der Waals surface area contributed by atoms with Crippen molar-refractivity contribution in [3.8, 4) is 6.07 Å². The van der Waals surface area contributed by atoms with Gasteiger partial charge in [0, 0.05) is 0 Å². The predicted molar refractivity (Wildman–Crippen MR) is 62.6 cm³/mol. The number of isothiocyanates is 1. The van der Waals surface area contributed by atoms with Crippen molar-refractivity contribution < 1.29 is 17.6 Å². The molecule has 0 saturated heterocycles. The summed E-state index contributed by atoms with van der Waals surface area (Å²) in [5, 5.41) is 10.5. The second-order valence-electron chi connectivity index (χ2n) is 2.98. The Labute approximate surface area is 109 Å². The van der Waals surface area contributed by atoms with Crippen molar-refractivity contribution >= 4 is 34.8 Å². The standard InChI is InChI=1S/C10H4F4N2S2/c1-18-9-5(3-15)6(10(12,13)14)2-7(8(9)11)16-4-17/h2H,1H3. The summed E-state index contributed by atoms with van der Waals surface area (Å²) < 4.78 is 52.0. The van der Waals surface area contributed by atoms with Gasteiger partial charge in [0.15, 0.2) is 5.82 Å². The van der Waals surface area contributed by atoms with E-state index in [-0.39, 0.29) is 0 Å². The van der Waals surface area contributed by atoms with E-state index >= 15 is 0 Å². The van der Waals surface area contributed by atoms with Crippen LogP contribution >= 0.6 is 24.0 Å². The minimum atomic E-state index is -4.77. The third kappa shape index (κ3) is 2.70. The van der Waals surface area contributed by atoms with Crippen molar-refractivity contribution in [1.29, 1.82) is 5.26 Å². The number of thioether (sulfide) groups is 1. The third-order valence-corrected chi connectivity index (χ3v) is 2.87. The maximum absolute atomic E-state index is 13.8. The summed E-state index contributed by atoms with van der Waals surface area (Å²) in [4.78, 5) is 2.83. The second kappa shape index (κ2) is 5.48. The number of hydrogen-bond acceptors (Lipinski definition) is 4. The van der Waals surface area contributed by atoms with E-state index in [1.165, 1.54) is 12.3 Å². The first kappa shape index (κ1) is 14.6. The largest absolute Gasteiger partial charge is 0.417 e. The summed E-state index contributed by atoms with van der Waals surface area (Å²) >= 11 is 4.93. The van der Waals surface area contributed by atoms with Crippen LogP contribution in [0.3, 0.4) is 0 Å². The van der Waals surface area contributed by atoms with Gasteiger partial charge in [-0.1, -0.05) is 0 Å². The number of nitriles is 1. The third-order valence-electron chi connectivity index (χ3n) is 1.99. The molecule has 0 N–H and O–H groups in total. The Morgan fingerprint density at radius 1 is 1.44 bits per heavy atom. The number of thiocarbonyl (C=S) groups is 1. The van der Waals surface area contributed by atoms with Gasteiger partial charge in [-0.05, 0) is 24.5 Å². The van der Waals surface area contributed by atoms with Gasteiger partial charge in [0.05, 0.1) is 21.2 Å². The zero-order chi connectivity index (χ0) is 13.9. The van der Waals surface area contributed by atoms with Crippen LogP contribution in [0.1, 0.15) is 11.1 Å². The van der Waals surface area contributed by atoms with Crippen LogP contribution < -0.4 is 0 Å². The Morgan fingerprint density at radius 2 is 2.06 bits per heavy atom. The Hall–Kier alpha value is -1.42. The summed E-state index contributed by atoms with van der Waals surface area (Å²) in [6.07, 6.45) is -3.40. The zero-order valence-electron chi connectivity index (χ0n) is 8.80. The summed E-state index contributed by atoms with van der Waals surface area (Å²) in [7, 11) is 0. The van der Waals surface area contributed by atoms with Crippen molar-refractivity contribution in [2.24, 2.45) is 4.99 Å². The van der Waals surface area contributed by atoms with Gasteiger partial charge in [0.2, 0.25) is 0 Å². The van der Waals surface area contributed by atoms with Crippen LogP contribution in [-0.4, -0.2) is 11.4 Å². The first-order chi connectivity index (χ1) is 8.36. The predicted octanol–water partition coefficient (Wildman–Crippen LogP) is 4.17. The maximum Gasteiger partial charge on any atom is 0.417 e. The minimum absolute atomic E-state index is 0.406. The van der Waals surface area contributed by atoms with E-state index in [1.54, 1.807) is 5.16 Å². The molecule has 0 amide bonds. The lowest BCUT2D eigenvalue weighted by molar-refractivity contribution is -0.137. The Bertz CT molecular complexity index is 569. The van der Waals surface area contributed by atoms with Crippen LogP contribution in [0, 0.1) is 17.1 Å². The molecule has 1 aromatic carbocycles. The Balaban J connectivity index is 3.77. The molecular formula is C10H4F4N2S2. The van der Waals surface area contributed by atoms with E-state index in [0.717, 1.165) is 0 Å². The van der Waals surface area contributed by atoms with E-state index in [2.05, 4.69) is 17.2 Å². The topological polar surface area (TPSA) is 36.1 Å². The van der Waals surface area contributed by atoms with Gasteiger partial charge in [0.1, 0.15) is 11.8 Å². The summed E-state index contributed by atoms with van der Waals surface area (Å²) in [5.74, 6) is -1.01. The molecule has 2 nitrogen and oxygen atoms in total. The molecule has 0 fully saturated rings. The van der Waals surface area contributed by atoms with Crippen molar-refractivity contribution in [3.63, 3.8) is 0 Å². The molecule has 0 unspecified atom stereocenters.